The van der Waals surface area contributed by atoms with Crippen molar-refractivity contribution in [2.75, 3.05) is 13.1 Å². The molecule has 1 aromatic carbocycles. The summed E-state index contributed by atoms with van der Waals surface area (Å²) in [6, 6.07) is 11.5. The largest absolute Gasteiger partial charge is 0.294 e. The highest BCUT2D eigenvalue weighted by molar-refractivity contribution is 9.10. The van der Waals surface area contributed by atoms with E-state index in [2.05, 4.69) is 74.8 Å². The summed E-state index contributed by atoms with van der Waals surface area (Å²) in [4.78, 5) is 2.60. The fourth-order valence-electron chi connectivity index (χ4n) is 3.26. The van der Waals surface area contributed by atoms with E-state index in [1.54, 1.807) is 0 Å². The molecule has 1 aromatic heterocycles. The normalized spacial score (nSPS) is 19.3. The number of halogens is 1. The van der Waals surface area contributed by atoms with Crippen LogP contribution in [-0.2, 0) is 6.54 Å². The smallest absolute Gasteiger partial charge is 0.0738 e. The first-order chi connectivity index (χ1) is 10.2. The van der Waals surface area contributed by atoms with Gasteiger partial charge in [0.25, 0.3) is 0 Å². The van der Waals surface area contributed by atoms with E-state index in [1.165, 1.54) is 30.6 Å². The molecule has 2 heterocycles. The number of aryl methyl sites for hydroxylation is 1. The summed E-state index contributed by atoms with van der Waals surface area (Å²) in [7, 11) is 0. The van der Waals surface area contributed by atoms with Crippen molar-refractivity contribution in [3.8, 4) is 0 Å². The van der Waals surface area contributed by atoms with Crippen LogP contribution in [0.2, 0.25) is 0 Å². The number of aromatic nitrogens is 2. The number of nitrogens with zero attached hydrogens (tertiary/aromatic N) is 3. The third-order valence-corrected chi connectivity index (χ3v) is 5.59. The molecule has 1 saturated heterocycles. The van der Waals surface area contributed by atoms with Gasteiger partial charge in [-0.15, -0.1) is 0 Å². The Bertz CT molecular complexity index is 606. The minimum Gasteiger partial charge on any atom is -0.294 e. The molecule has 1 atom stereocenters. The second-order valence-electron chi connectivity index (χ2n) is 5.81. The molecule has 0 bridgehead atoms. The average Bonchev–Trinajstić information content (AvgIpc) is 3.07. The molecule has 0 radical (unpaired) electrons. The Morgan fingerprint density at radius 2 is 1.95 bits per heavy atom. The van der Waals surface area contributed by atoms with E-state index in [9.17, 15) is 0 Å². The molecule has 0 spiro atoms. The van der Waals surface area contributed by atoms with Gasteiger partial charge in [-0.1, -0.05) is 30.3 Å². The van der Waals surface area contributed by atoms with E-state index in [4.69, 9.17) is 0 Å². The third kappa shape index (κ3) is 3.06. The summed E-state index contributed by atoms with van der Waals surface area (Å²) in [5.41, 5.74) is 3.75. The van der Waals surface area contributed by atoms with Crippen LogP contribution in [0.25, 0.3) is 0 Å². The van der Waals surface area contributed by atoms with Crippen LogP contribution in [0, 0.1) is 13.8 Å². The summed E-state index contributed by atoms with van der Waals surface area (Å²) >= 11 is 3.61. The Morgan fingerprint density at radius 3 is 2.62 bits per heavy atom. The molecule has 2 aromatic rings. The van der Waals surface area contributed by atoms with Crippen LogP contribution < -0.4 is 0 Å². The summed E-state index contributed by atoms with van der Waals surface area (Å²) in [6.07, 6.45) is 2.56. The van der Waals surface area contributed by atoms with Gasteiger partial charge in [0.05, 0.1) is 16.7 Å². The van der Waals surface area contributed by atoms with Crippen LogP contribution in [0.1, 0.15) is 35.8 Å². The minimum absolute atomic E-state index is 0.576. The van der Waals surface area contributed by atoms with Gasteiger partial charge < -0.3 is 0 Å². The Labute approximate surface area is 135 Å². The zero-order valence-electron chi connectivity index (χ0n) is 12.7. The molecular weight excluding hydrogens is 326 g/mol. The van der Waals surface area contributed by atoms with Gasteiger partial charge in [-0.25, -0.2) is 0 Å². The summed E-state index contributed by atoms with van der Waals surface area (Å²) in [6.45, 7) is 7.40. The average molecular weight is 348 g/mol. The summed E-state index contributed by atoms with van der Waals surface area (Å²) < 4.78 is 3.27. The lowest BCUT2D eigenvalue weighted by molar-refractivity contribution is 0.242. The Morgan fingerprint density at radius 1 is 1.19 bits per heavy atom. The molecule has 1 aliphatic rings. The number of benzene rings is 1. The van der Waals surface area contributed by atoms with E-state index < -0.39 is 0 Å². The molecule has 0 aliphatic carbocycles. The van der Waals surface area contributed by atoms with Crippen molar-refractivity contribution in [3.05, 3.63) is 51.8 Å². The Hall–Kier alpha value is -1.13. The van der Waals surface area contributed by atoms with Gasteiger partial charge in [-0.3, -0.25) is 9.58 Å². The minimum atomic E-state index is 0.576. The lowest BCUT2D eigenvalue weighted by Gasteiger charge is -2.25. The van der Waals surface area contributed by atoms with Crippen molar-refractivity contribution in [1.82, 2.24) is 14.7 Å². The third-order valence-electron chi connectivity index (χ3n) is 4.44. The van der Waals surface area contributed by atoms with Crippen LogP contribution in [-0.4, -0.2) is 27.8 Å². The SMILES string of the molecule is Cc1nn(CCN2CCC[C@H]2c2ccccc2)c(C)c1Br. The second-order valence-corrected chi connectivity index (χ2v) is 6.61. The maximum Gasteiger partial charge on any atom is 0.0738 e. The molecule has 0 saturated carbocycles. The van der Waals surface area contributed by atoms with Crippen LogP contribution >= 0.6 is 15.9 Å². The summed E-state index contributed by atoms with van der Waals surface area (Å²) in [5.74, 6) is 0. The van der Waals surface area contributed by atoms with Gasteiger partial charge in [-0.2, -0.15) is 5.10 Å². The topological polar surface area (TPSA) is 21.1 Å². The van der Waals surface area contributed by atoms with Crippen LogP contribution in [0.4, 0.5) is 0 Å². The fraction of sp³-hybridized carbons (Fsp3) is 0.471. The molecule has 0 N–H and O–H groups in total. The standard InChI is InChI=1S/C17H22BrN3/c1-13-17(18)14(2)21(19-13)12-11-20-10-6-9-16(20)15-7-4-3-5-8-15/h3-5,7-8,16H,6,9-12H2,1-2H3/t16-/m0/s1. The molecular formula is C17H22BrN3. The van der Waals surface area contributed by atoms with Crippen LogP contribution in [0.3, 0.4) is 0 Å². The van der Waals surface area contributed by atoms with Gasteiger partial charge in [0.2, 0.25) is 0 Å². The Balaban J connectivity index is 1.68. The van der Waals surface area contributed by atoms with Crippen molar-refractivity contribution in [3.63, 3.8) is 0 Å². The van der Waals surface area contributed by atoms with Crippen LogP contribution in [0.15, 0.2) is 34.8 Å². The monoisotopic (exact) mass is 347 g/mol. The zero-order valence-corrected chi connectivity index (χ0v) is 14.3. The van der Waals surface area contributed by atoms with E-state index in [1.807, 2.05) is 0 Å². The van der Waals surface area contributed by atoms with Crippen molar-refractivity contribution in [1.29, 1.82) is 0 Å². The van der Waals surface area contributed by atoms with E-state index in [-0.39, 0.29) is 0 Å². The first-order valence-corrected chi connectivity index (χ1v) is 8.44. The predicted molar refractivity (Wildman–Crippen MR) is 89.4 cm³/mol. The molecule has 0 amide bonds. The molecule has 21 heavy (non-hydrogen) atoms. The highest BCUT2D eigenvalue weighted by Crippen LogP contribution is 2.31. The lowest BCUT2D eigenvalue weighted by atomic mass is 10.0. The van der Waals surface area contributed by atoms with Crippen molar-refractivity contribution in [2.45, 2.75) is 39.3 Å². The molecule has 112 valence electrons. The fourth-order valence-corrected chi connectivity index (χ4v) is 3.55. The van der Waals surface area contributed by atoms with Crippen molar-refractivity contribution >= 4 is 15.9 Å². The maximum atomic E-state index is 4.61. The van der Waals surface area contributed by atoms with Crippen LogP contribution in [0.5, 0.6) is 0 Å². The predicted octanol–water partition coefficient (Wildman–Crippen LogP) is 4.10. The quantitative estimate of drug-likeness (QED) is 0.830. The molecule has 3 rings (SSSR count). The van der Waals surface area contributed by atoms with E-state index >= 15 is 0 Å². The first-order valence-electron chi connectivity index (χ1n) is 7.65. The molecule has 1 aliphatic heterocycles. The number of rotatable bonds is 4. The summed E-state index contributed by atoms with van der Waals surface area (Å²) in [5, 5.41) is 4.61. The molecule has 3 nitrogen and oxygen atoms in total. The highest BCUT2D eigenvalue weighted by Gasteiger charge is 2.25. The zero-order chi connectivity index (χ0) is 14.8. The van der Waals surface area contributed by atoms with Gasteiger partial charge >= 0.3 is 0 Å². The molecule has 1 fully saturated rings. The Kier molecular flexibility index (Phi) is 4.45. The van der Waals surface area contributed by atoms with Gasteiger partial charge in [0.15, 0.2) is 0 Å². The maximum absolute atomic E-state index is 4.61. The number of hydrogen-bond donors (Lipinski definition) is 0. The number of likely N-dealkylation sites (tertiary alicyclic amines) is 1. The van der Waals surface area contributed by atoms with Crippen molar-refractivity contribution < 1.29 is 0 Å². The van der Waals surface area contributed by atoms with Gasteiger partial charge in [-0.05, 0) is 54.7 Å². The van der Waals surface area contributed by atoms with Gasteiger partial charge in [0.1, 0.15) is 0 Å². The van der Waals surface area contributed by atoms with E-state index in [0.29, 0.717) is 6.04 Å². The molecule has 4 heteroatoms. The van der Waals surface area contributed by atoms with E-state index in [0.717, 1.165) is 23.3 Å². The lowest BCUT2D eigenvalue weighted by Crippen LogP contribution is -2.27. The second kappa shape index (κ2) is 6.32. The number of hydrogen-bond acceptors (Lipinski definition) is 2. The van der Waals surface area contributed by atoms with Crippen molar-refractivity contribution in [2.24, 2.45) is 0 Å². The molecule has 0 unspecified atom stereocenters. The van der Waals surface area contributed by atoms with Gasteiger partial charge in [0, 0.05) is 18.3 Å². The highest BCUT2D eigenvalue weighted by atomic mass is 79.9. The first kappa shape index (κ1) is 14.8.